The van der Waals surface area contributed by atoms with Crippen LogP contribution in [0.15, 0.2) is 18.2 Å². The molecule has 0 aliphatic carbocycles. The van der Waals surface area contributed by atoms with Gasteiger partial charge in [-0.3, -0.25) is 0 Å². The Balaban J connectivity index is 2.03. The van der Waals surface area contributed by atoms with Crippen LogP contribution in [0.25, 0.3) is 11.0 Å². The SMILES string of the molecule is Cc1ccc2c(c1)nnn2C1CCCCO1. The van der Waals surface area contributed by atoms with Crippen LogP contribution >= 0.6 is 0 Å². The first kappa shape index (κ1) is 9.78. The average Bonchev–Trinajstić information content (AvgIpc) is 2.73. The summed E-state index contributed by atoms with van der Waals surface area (Å²) in [5.74, 6) is 0. The lowest BCUT2D eigenvalue weighted by Gasteiger charge is -2.22. The lowest BCUT2D eigenvalue weighted by Crippen LogP contribution is -2.19. The number of ether oxygens (including phenoxy) is 1. The molecule has 1 fully saturated rings. The maximum atomic E-state index is 5.72. The Morgan fingerprint density at radius 1 is 1.38 bits per heavy atom. The van der Waals surface area contributed by atoms with Crippen LogP contribution in [0.5, 0.6) is 0 Å². The Morgan fingerprint density at radius 3 is 3.12 bits per heavy atom. The lowest BCUT2D eigenvalue weighted by molar-refractivity contribution is -0.0377. The molecule has 0 N–H and O–H groups in total. The van der Waals surface area contributed by atoms with Crippen molar-refractivity contribution in [3.05, 3.63) is 23.8 Å². The predicted molar refractivity (Wildman–Crippen MR) is 61.1 cm³/mol. The Labute approximate surface area is 94.2 Å². The van der Waals surface area contributed by atoms with E-state index < -0.39 is 0 Å². The molecular weight excluding hydrogens is 202 g/mol. The molecular formula is C12H15N3O. The summed E-state index contributed by atoms with van der Waals surface area (Å²) in [6, 6.07) is 6.22. The molecule has 1 aliphatic heterocycles. The van der Waals surface area contributed by atoms with Gasteiger partial charge >= 0.3 is 0 Å². The van der Waals surface area contributed by atoms with Gasteiger partial charge in [0.1, 0.15) is 5.52 Å². The predicted octanol–water partition coefficient (Wildman–Crippen LogP) is 2.44. The fourth-order valence-corrected chi connectivity index (χ4v) is 2.18. The topological polar surface area (TPSA) is 39.9 Å². The van der Waals surface area contributed by atoms with Crippen LogP contribution in [0, 0.1) is 6.92 Å². The summed E-state index contributed by atoms with van der Waals surface area (Å²) < 4.78 is 7.63. The molecule has 0 saturated carbocycles. The van der Waals surface area contributed by atoms with Crippen molar-refractivity contribution < 1.29 is 4.74 Å². The van der Waals surface area contributed by atoms with Gasteiger partial charge in [0.05, 0.1) is 5.52 Å². The summed E-state index contributed by atoms with van der Waals surface area (Å²) in [5, 5.41) is 8.39. The third kappa shape index (κ3) is 1.59. The normalized spacial score (nSPS) is 21.4. The molecule has 0 bridgehead atoms. The van der Waals surface area contributed by atoms with Crippen LogP contribution in [0.2, 0.25) is 0 Å². The molecule has 4 nitrogen and oxygen atoms in total. The molecule has 4 heteroatoms. The molecule has 0 spiro atoms. The number of aryl methyl sites for hydroxylation is 1. The standard InChI is InChI=1S/C12H15N3O/c1-9-5-6-11-10(8-9)13-14-15(11)12-4-2-3-7-16-12/h5-6,8,12H,2-4,7H2,1H3. The highest BCUT2D eigenvalue weighted by Gasteiger charge is 2.18. The van der Waals surface area contributed by atoms with Gasteiger partial charge in [-0.1, -0.05) is 11.3 Å². The van der Waals surface area contributed by atoms with Crippen molar-refractivity contribution in [2.24, 2.45) is 0 Å². The largest absolute Gasteiger partial charge is 0.356 e. The third-order valence-electron chi connectivity index (χ3n) is 3.05. The van der Waals surface area contributed by atoms with E-state index in [1.54, 1.807) is 0 Å². The molecule has 0 radical (unpaired) electrons. The van der Waals surface area contributed by atoms with E-state index in [1.807, 2.05) is 4.68 Å². The Morgan fingerprint density at radius 2 is 2.31 bits per heavy atom. The fourth-order valence-electron chi connectivity index (χ4n) is 2.18. The summed E-state index contributed by atoms with van der Waals surface area (Å²) in [6.07, 6.45) is 3.47. The molecule has 16 heavy (non-hydrogen) atoms. The molecule has 1 aromatic heterocycles. The monoisotopic (exact) mass is 217 g/mol. The summed E-state index contributed by atoms with van der Waals surface area (Å²) in [4.78, 5) is 0. The Kier molecular flexibility index (Phi) is 2.36. The zero-order valence-corrected chi connectivity index (χ0v) is 9.39. The van der Waals surface area contributed by atoms with Crippen LogP contribution in [0.1, 0.15) is 31.1 Å². The second-order valence-electron chi connectivity index (χ2n) is 4.35. The first-order valence-electron chi connectivity index (χ1n) is 5.78. The first-order valence-corrected chi connectivity index (χ1v) is 5.78. The van der Waals surface area contributed by atoms with Crippen LogP contribution < -0.4 is 0 Å². The molecule has 2 aromatic rings. The van der Waals surface area contributed by atoms with Crippen molar-refractivity contribution in [3.63, 3.8) is 0 Å². The maximum Gasteiger partial charge on any atom is 0.152 e. The lowest BCUT2D eigenvalue weighted by atomic mass is 10.2. The highest BCUT2D eigenvalue weighted by Crippen LogP contribution is 2.25. The van der Waals surface area contributed by atoms with Crippen LogP contribution in [-0.2, 0) is 4.74 Å². The molecule has 1 atom stereocenters. The highest BCUT2D eigenvalue weighted by atomic mass is 16.5. The van der Waals surface area contributed by atoms with Gasteiger partial charge in [-0.15, -0.1) is 5.10 Å². The zero-order valence-electron chi connectivity index (χ0n) is 9.39. The third-order valence-corrected chi connectivity index (χ3v) is 3.05. The van der Waals surface area contributed by atoms with Gasteiger partial charge in [-0.05, 0) is 43.9 Å². The van der Waals surface area contributed by atoms with Crippen molar-refractivity contribution in [2.45, 2.75) is 32.4 Å². The molecule has 3 rings (SSSR count). The number of nitrogens with zero attached hydrogens (tertiary/aromatic N) is 3. The Hall–Kier alpha value is -1.42. The second kappa shape index (κ2) is 3.87. The minimum Gasteiger partial charge on any atom is -0.356 e. The van der Waals surface area contributed by atoms with Crippen molar-refractivity contribution in [2.75, 3.05) is 6.61 Å². The van der Waals surface area contributed by atoms with E-state index >= 15 is 0 Å². The molecule has 1 saturated heterocycles. The number of fused-ring (bicyclic) bond motifs is 1. The van der Waals surface area contributed by atoms with E-state index in [-0.39, 0.29) is 6.23 Å². The number of aromatic nitrogens is 3. The van der Waals surface area contributed by atoms with Gasteiger partial charge in [0.15, 0.2) is 6.23 Å². The van der Waals surface area contributed by atoms with E-state index in [0.717, 1.165) is 30.5 Å². The van der Waals surface area contributed by atoms with E-state index in [9.17, 15) is 0 Å². The van der Waals surface area contributed by atoms with Gasteiger partial charge in [0.2, 0.25) is 0 Å². The quantitative estimate of drug-likeness (QED) is 0.736. The van der Waals surface area contributed by atoms with Crippen molar-refractivity contribution >= 4 is 11.0 Å². The molecule has 84 valence electrons. The summed E-state index contributed by atoms with van der Waals surface area (Å²) in [5.41, 5.74) is 3.23. The minimum atomic E-state index is 0.0708. The van der Waals surface area contributed by atoms with E-state index in [0.29, 0.717) is 0 Å². The molecule has 2 heterocycles. The number of rotatable bonds is 1. The maximum absolute atomic E-state index is 5.72. The molecule has 1 aromatic carbocycles. The van der Waals surface area contributed by atoms with Gasteiger partial charge in [-0.2, -0.15) is 0 Å². The van der Waals surface area contributed by atoms with Crippen molar-refractivity contribution in [1.29, 1.82) is 0 Å². The second-order valence-corrected chi connectivity index (χ2v) is 4.35. The average molecular weight is 217 g/mol. The van der Waals surface area contributed by atoms with Gasteiger partial charge < -0.3 is 4.74 Å². The summed E-state index contributed by atoms with van der Waals surface area (Å²) in [6.45, 7) is 2.90. The van der Waals surface area contributed by atoms with E-state index in [4.69, 9.17) is 4.74 Å². The van der Waals surface area contributed by atoms with Crippen molar-refractivity contribution in [1.82, 2.24) is 15.0 Å². The minimum absolute atomic E-state index is 0.0708. The number of benzene rings is 1. The van der Waals surface area contributed by atoms with Crippen LogP contribution in [0.4, 0.5) is 0 Å². The molecule has 1 aliphatic rings. The Bertz CT molecular complexity index is 500. The van der Waals surface area contributed by atoms with Gasteiger partial charge in [-0.25, -0.2) is 4.68 Å². The number of hydrogen-bond acceptors (Lipinski definition) is 3. The van der Waals surface area contributed by atoms with Crippen LogP contribution in [0.3, 0.4) is 0 Å². The molecule has 1 unspecified atom stereocenters. The zero-order chi connectivity index (χ0) is 11.0. The highest BCUT2D eigenvalue weighted by molar-refractivity contribution is 5.75. The van der Waals surface area contributed by atoms with E-state index in [1.165, 1.54) is 12.0 Å². The van der Waals surface area contributed by atoms with Gasteiger partial charge in [0.25, 0.3) is 0 Å². The van der Waals surface area contributed by atoms with Gasteiger partial charge in [0, 0.05) is 6.61 Å². The summed E-state index contributed by atoms with van der Waals surface area (Å²) >= 11 is 0. The van der Waals surface area contributed by atoms with Crippen LogP contribution in [-0.4, -0.2) is 21.6 Å². The van der Waals surface area contributed by atoms with Crippen molar-refractivity contribution in [3.8, 4) is 0 Å². The fraction of sp³-hybridized carbons (Fsp3) is 0.500. The summed E-state index contributed by atoms with van der Waals surface area (Å²) in [7, 11) is 0. The van der Waals surface area contributed by atoms with E-state index in [2.05, 4.69) is 35.4 Å². The smallest absolute Gasteiger partial charge is 0.152 e. The first-order chi connectivity index (χ1) is 7.84. The molecule has 0 amide bonds. The number of hydrogen-bond donors (Lipinski definition) is 0.